The fourth-order valence-corrected chi connectivity index (χ4v) is 7.67. The molecule has 0 N–H and O–H groups in total. The van der Waals surface area contributed by atoms with E-state index in [9.17, 15) is 0 Å². The van der Waals surface area contributed by atoms with Crippen molar-refractivity contribution >= 4 is 43.2 Å². The van der Waals surface area contributed by atoms with Gasteiger partial charge in [0.05, 0.1) is 22.4 Å². The Morgan fingerprint density at radius 2 is 1.09 bits per heavy atom. The van der Waals surface area contributed by atoms with E-state index in [-0.39, 0.29) is 0 Å². The average Bonchev–Trinajstić information content (AvgIpc) is 3.72. The number of fused-ring (bicyclic) bond motifs is 5. The molecule has 0 bridgehead atoms. The maximum atomic E-state index is 5.10. The Hall–Kier alpha value is -5.84. The molecule has 9 rings (SSSR count). The van der Waals surface area contributed by atoms with Crippen molar-refractivity contribution in [3.63, 3.8) is 0 Å². The summed E-state index contributed by atoms with van der Waals surface area (Å²) in [4.78, 5) is 11.4. The highest BCUT2D eigenvalue weighted by molar-refractivity contribution is 7.23. The largest absolute Gasteiger partial charge is 0.309 e. The number of rotatable bonds is 5. The van der Waals surface area contributed by atoms with Crippen molar-refractivity contribution < 1.29 is 0 Å². The predicted molar refractivity (Wildman–Crippen MR) is 193 cm³/mol. The van der Waals surface area contributed by atoms with E-state index in [1.54, 1.807) is 0 Å². The zero-order valence-corrected chi connectivity index (χ0v) is 25.7. The van der Waals surface area contributed by atoms with Crippen LogP contribution in [-0.2, 0) is 0 Å². The Morgan fingerprint density at radius 3 is 1.85 bits per heavy atom. The topological polar surface area (TPSA) is 30.7 Å². The van der Waals surface area contributed by atoms with E-state index in [1.165, 1.54) is 42.3 Å². The molecule has 0 saturated heterocycles. The van der Waals surface area contributed by atoms with Gasteiger partial charge in [-0.25, -0.2) is 9.97 Å². The highest BCUT2D eigenvalue weighted by Gasteiger charge is 2.18. The second kappa shape index (κ2) is 11.0. The normalized spacial score (nSPS) is 11.5. The lowest BCUT2D eigenvalue weighted by molar-refractivity contribution is 1.16. The summed E-state index contributed by atoms with van der Waals surface area (Å²) in [6.45, 7) is 0. The van der Waals surface area contributed by atoms with Gasteiger partial charge in [0.15, 0.2) is 5.82 Å². The summed E-state index contributed by atoms with van der Waals surface area (Å²) in [5.41, 5.74) is 9.64. The van der Waals surface area contributed by atoms with E-state index in [0.717, 1.165) is 33.8 Å². The third-order valence-corrected chi connectivity index (χ3v) is 9.82. The molecule has 0 aliphatic carbocycles. The fourth-order valence-electron chi connectivity index (χ4n) is 6.44. The summed E-state index contributed by atoms with van der Waals surface area (Å²) in [7, 11) is 0. The van der Waals surface area contributed by atoms with Gasteiger partial charge < -0.3 is 4.57 Å². The maximum absolute atomic E-state index is 5.10. The number of aromatic nitrogens is 3. The van der Waals surface area contributed by atoms with Gasteiger partial charge in [-0.2, -0.15) is 0 Å². The molecule has 0 spiro atoms. The summed E-state index contributed by atoms with van der Waals surface area (Å²) in [5, 5.41) is 3.83. The van der Waals surface area contributed by atoms with Crippen molar-refractivity contribution in [2.24, 2.45) is 0 Å². The van der Waals surface area contributed by atoms with Crippen LogP contribution >= 0.6 is 11.3 Å². The van der Waals surface area contributed by atoms with Crippen LogP contribution < -0.4 is 0 Å². The highest BCUT2D eigenvalue weighted by Crippen LogP contribution is 2.43. The van der Waals surface area contributed by atoms with Gasteiger partial charge >= 0.3 is 0 Å². The molecule has 0 atom stereocenters. The molecule has 0 fully saturated rings. The van der Waals surface area contributed by atoms with Crippen LogP contribution in [0.1, 0.15) is 0 Å². The number of benzene rings is 6. The molecule has 6 aromatic carbocycles. The van der Waals surface area contributed by atoms with Gasteiger partial charge in [0.1, 0.15) is 0 Å². The number of para-hydroxylation sites is 1. The van der Waals surface area contributed by atoms with E-state index in [4.69, 9.17) is 9.97 Å². The summed E-state index contributed by atoms with van der Waals surface area (Å²) in [6.07, 6.45) is 0. The minimum atomic E-state index is 0.716. The van der Waals surface area contributed by atoms with Gasteiger partial charge in [-0.05, 0) is 47.3 Å². The van der Waals surface area contributed by atoms with Crippen LogP contribution in [0.25, 0.3) is 81.9 Å². The van der Waals surface area contributed by atoms with Crippen LogP contribution in [-0.4, -0.2) is 14.5 Å². The lowest BCUT2D eigenvalue weighted by Gasteiger charge is -2.12. The van der Waals surface area contributed by atoms with Gasteiger partial charge in [-0.1, -0.05) is 127 Å². The number of thiophene rings is 1. The Kier molecular flexibility index (Phi) is 6.32. The summed E-state index contributed by atoms with van der Waals surface area (Å²) in [5.74, 6) is 0.716. The predicted octanol–water partition coefficient (Wildman–Crippen LogP) is 11.5. The SMILES string of the molecule is c1ccc(-c2cc(-c3cccc(-n4c5ccccc5c5c6sc(-c7ccccc7)cc6ccc54)c3)nc(-c3ccccc3)n2)cc1. The molecule has 3 nitrogen and oxygen atoms in total. The molecular formula is C42H27N3S. The molecule has 4 heteroatoms. The average molecular weight is 606 g/mol. The van der Waals surface area contributed by atoms with Crippen LogP contribution in [0.5, 0.6) is 0 Å². The van der Waals surface area contributed by atoms with E-state index >= 15 is 0 Å². The Morgan fingerprint density at radius 1 is 0.457 bits per heavy atom. The van der Waals surface area contributed by atoms with Crippen LogP contribution in [0.3, 0.4) is 0 Å². The number of hydrogen-bond acceptors (Lipinski definition) is 3. The van der Waals surface area contributed by atoms with Crippen molar-refractivity contribution in [2.75, 3.05) is 0 Å². The third kappa shape index (κ3) is 4.50. The molecular weight excluding hydrogens is 579 g/mol. The minimum absolute atomic E-state index is 0.716. The Labute approximate surface area is 270 Å². The second-order valence-corrected chi connectivity index (χ2v) is 12.5. The standard InChI is InChI=1S/C42H27N3S/c1-4-13-28(14-5-1)35-27-36(44-42(43-35)30-17-8-3-9-18-30)31-19-12-20-33(25-31)45-37-22-11-10-21-34(37)40-38(45)24-23-32-26-39(46-41(32)40)29-15-6-2-7-16-29/h1-27H. The van der Waals surface area contributed by atoms with E-state index in [2.05, 4.69) is 144 Å². The lowest BCUT2D eigenvalue weighted by Crippen LogP contribution is -1.97. The zero-order valence-electron chi connectivity index (χ0n) is 24.8. The maximum Gasteiger partial charge on any atom is 0.160 e. The molecule has 3 heterocycles. The summed E-state index contributed by atoms with van der Waals surface area (Å²) >= 11 is 1.87. The van der Waals surface area contributed by atoms with Crippen LogP contribution in [0.15, 0.2) is 164 Å². The fraction of sp³-hybridized carbons (Fsp3) is 0. The minimum Gasteiger partial charge on any atom is -0.309 e. The molecule has 0 aliphatic heterocycles. The smallest absolute Gasteiger partial charge is 0.160 e. The highest BCUT2D eigenvalue weighted by atomic mass is 32.1. The van der Waals surface area contributed by atoms with Gasteiger partial charge in [-0.3, -0.25) is 0 Å². The first-order valence-electron chi connectivity index (χ1n) is 15.4. The van der Waals surface area contributed by atoms with E-state index in [1.807, 2.05) is 35.6 Å². The number of nitrogens with zero attached hydrogens (tertiary/aromatic N) is 3. The monoisotopic (exact) mass is 605 g/mol. The second-order valence-electron chi connectivity index (χ2n) is 11.5. The van der Waals surface area contributed by atoms with Crippen molar-refractivity contribution in [3.8, 4) is 50.0 Å². The first kappa shape index (κ1) is 26.6. The molecule has 0 radical (unpaired) electrons. The Balaban J connectivity index is 1.24. The van der Waals surface area contributed by atoms with Crippen molar-refractivity contribution in [1.82, 2.24) is 14.5 Å². The summed E-state index contributed by atoms with van der Waals surface area (Å²) in [6, 6.07) is 57.7. The van der Waals surface area contributed by atoms with Crippen molar-refractivity contribution in [2.45, 2.75) is 0 Å². The van der Waals surface area contributed by atoms with Gasteiger partial charge in [0.25, 0.3) is 0 Å². The van der Waals surface area contributed by atoms with Gasteiger partial charge in [-0.15, -0.1) is 11.3 Å². The van der Waals surface area contributed by atoms with Gasteiger partial charge in [0.2, 0.25) is 0 Å². The Bertz CT molecular complexity index is 2460. The summed E-state index contributed by atoms with van der Waals surface area (Å²) < 4.78 is 3.71. The molecule has 0 aliphatic rings. The quantitative estimate of drug-likeness (QED) is 0.195. The van der Waals surface area contributed by atoms with Crippen LogP contribution in [0.2, 0.25) is 0 Å². The van der Waals surface area contributed by atoms with E-state index in [0.29, 0.717) is 5.82 Å². The molecule has 0 amide bonds. The van der Waals surface area contributed by atoms with Gasteiger partial charge in [0, 0.05) is 42.7 Å². The molecule has 46 heavy (non-hydrogen) atoms. The molecule has 216 valence electrons. The lowest BCUT2D eigenvalue weighted by atomic mass is 10.1. The molecule has 0 saturated carbocycles. The molecule has 9 aromatic rings. The number of hydrogen-bond donors (Lipinski definition) is 0. The first-order valence-corrected chi connectivity index (χ1v) is 16.2. The van der Waals surface area contributed by atoms with Crippen LogP contribution in [0.4, 0.5) is 0 Å². The van der Waals surface area contributed by atoms with E-state index < -0.39 is 0 Å². The van der Waals surface area contributed by atoms with Crippen molar-refractivity contribution in [3.05, 3.63) is 164 Å². The zero-order chi connectivity index (χ0) is 30.5. The molecule has 0 unspecified atom stereocenters. The first-order chi connectivity index (χ1) is 22.8. The van der Waals surface area contributed by atoms with Crippen LogP contribution in [0, 0.1) is 0 Å². The third-order valence-electron chi connectivity index (χ3n) is 8.61. The molecule has 3 aromatic heterocycles. The van der Waals surface area contributed by atoms with Crippen molar-refractivity contribution in [1.29, 1.82) is 0 Å².